The van der Waals surface area contributed by atoms with Crippen LogP contribution in [0, 0.1) is 11.3 Å². The Bertz CT molecular complexity index is 1770. The number of carbonyl (C=O) groups is 4. The largest absolute Gasteiger partial charge is 0.472 e. The molecular formula is C36H47N5O8S. The Kier molecular flexibility index (Phi) is 10.1. The number of nitrogens with one attached hydrogen (secondary N) is 3. The van der Waals surface area contributed by atoms with Crippen molar-refractivity contribution in [1.29, 1.82) is 0 Å². The molecule has 3 N–H and O–H groups in total. The van der Waals surface area contributed by atoms with Crippen molar-refractivity contribution in [2.24, 2.45) is 11.3 Å². The van der Waals surface area contributed by atoms with E-state index in [1.807, 2.05) is 63.3 Å². The molecule has 2 aromatic rings. The molecule has 1 aromatic carbocycles. The molecule has 0 spiro atoms. The number of carbonyl (C=O) groups excluding carboxylic acids is 4. The van der Waals surface area contributed by atoms with E-state index < -0.39 is 68.7 Å². The number of fused-ring (bicyclic) bond motifs is 3. The number of allylic oxidation sites excluding steroid dienone is 1. The van der Waals surface area contributed by atoms with Gasteiger partial charge in [-0.25, -0.2) is 18.2 Å². The fraction of sp³-hybridized carbons (Fsp3) is 0.583. The van der Waals surface area contributed by atoms with Gasteiger partial charge in [-0.15, -0.1) is 0 Å². The molecule has 13 nitrogen and oxygen atoms in total. The molecule has 0 unspecified atom stereocenters. The molecule has 5 atom stereocenters. The third-order valence-corrected chi connectivity index (χ3v) is 11.5. The standard InChI is InChI=1S/C36H47N5O8S/c1-35(2,3)22-48-34(45)38-28-14-8-6-4-5-7-12-24-20-36(24,33(44)40-50(46,47)26-15-16-26)39-30(42)29-19-25(21-41(29)32(28)43)49-31-27-13-10-9-11-23(27)17-18-37-31/h7,9-13,17-18,24-26,28-29H,4-6,8,14-16,19-22H2,1-3H3,(H,38,45)(H,39,42)(H,40,44)/b12-7-/t24-,25-,28+,29+,36-/m1/s1. The second-order valence-corrected chi connectivity index (χ2v) is 17.1. The number of hydrogen-bond acceptors (Lipinski definition) is 9. The molecule has 2 aliphatic heterocycles. The third-order valence-electron chi connectivity index (χ3n) is 9.69. The van der Waals surface area contributed by atoms with Gasteiger partial charge in [-0.05, 0) is 61.5 Å². The predicted molar refractivity (Wildman–Crippen MR) is 185 cm³/mol. The van der Waals surface area contributed by atoms with Crippen LogP contribution in [0.25, 0.3) is 10.8 Å². The zero-order valence-electron chi connectivity index (χ0n) is 28.9. The van der Waals surface area contributed by atoms with Gasteiger partial charge in [0.25, 0.3) is 5.91 Å². The van der Waals surface area contributed by atoms with Crippen molar-refractivity contribution < 1.29 is 37.1 Å². The lowest BCUT2D eigenvalue weighted by Crippen LogP contribution is -2.58. The molecule has 1 aromatic heterocycles. The van der Waals surface area contributed by atoms with Crippen LogP contribution in [0.3, 0.4) is 0 Å². The molecule has 0 radical (unpaired) electrons. The highest BCUT2D eigenvalue weighted by molar-refractivity contribution is 7.91. The van der Waals surface area contributed by atoms with Gasteiger partial charge in [0, 0.05) is 23.9 Å². The summed E-state index contributed by atoms with van der Waals surface area (Å²) in [6.07, 6.45) is 8.64. The van der Waals surface area contributed by atoms with Crippen molar-refractivity contribution in [3.05, 3.63) is 48.7 Å². The molecule has 0 bridgehead atoms. The summed E-state index contributed by atoms with van der Waals surface area (Å²) in [5.74, 6) is -1.89. The Morgan fingerprint density at radius 2 is 1.86 bits per heavy atom. The average Bonchev–Trinajstić information content (AvgIpc) is 3.99. The Morgan fingerprint density at radius 1 is 1.08 bits per heavy atom. The first-order valence-corrected chi connectivity index (χ1v) is 19.1. The lowest BCUT2D eigenvalue weighted by atomic mass is 9.99. The minimum absolute atomic E-state index is 0.0234. The Balaban J connectivity index is 1.29. The second kappa shape index (κ2) is 14.2. The molecule has 2 saturated carbocycles. The topological polar surface area (TPSA) is 173 Å². The van der Waals surface area contributed by atoms with Crippen molar-refractivity contribution in [2.45, 2.75) is 108 Å². The van der Waals surface area contributed by atoms with E-state index in [-0.39, 0.29) is 31.4 Å². The van der Waals surface area contributed by atoms with Crippen LogP contribution >= 0.6 is 0 Å². The van der Waals surface area contributed by atoms with E-state index in [0.717, 1.165) is 23.6 Å². The number of amides is 4. The molecule has 2 aliphatic carbocycles. The van der Waals surface area contributed by atoms with E-state index in [0.29, 0.717) is 38.0 Å². The Morgan fingerprint density at radius 3 is 2.62 bits per heavy atom. The van der Waals surface area contributed by atoms with E-state index >= 15 is 0 Å². The first-order chi connectivity index (χ1) is 23.8. The number of alkyl carbamates (subject to hydrolysis) is 1. The summed E-state index contributed by atoms with van der Waals surface area (Å²) in [5.41, 5.74) is -1.76. The number of sulfonamides is 1. The van der Waals surface area contributed by atoms with Crippen LogP contribution in [0.15, 0.2) is 48.7 Å². The minimum atomic E-state index is -3.87. The molecule has 6 rings (SSSR count). The van der Waals surface area contributed by atoms with Crippen LogP contribution < -0.4 is 20.1 Å². The van der Waals surface area contributed by atoms with Gasteiger partial charge in [0.1, 0.15) is 23.7 Å². The van der Waals surface area contributed by atoms with E-state index in [1.165, 1.54) is 4.90 Å². The zero-order valence-corrected chi connectivity index (χ0v) is 29.7. The molecule has 1 saturated heterocycles. The van der Waals surface area contributed by atoms with Crippen molar-refractivity contribution in [1.82, 2.24) is 25.2 Å². The highest BCUT2D eigenvalue weighted by atomic mass is 32.2. The fourth-order valence-electron chi connectivity index (χ4n) is 6.66. The van der Waals surface area contributed by atoms with Crippen molar-refractivity contribution in [3.63, 3.8) is 0 Å². The number of ether oxygens (including phenoxy) is 2. The van der Waals surface area contributed by atoms with E-state index in [9.17, 15) is 27.6 Å². The Hall–Kier alpha value is -4.20. The summed E-state index contributed by atoms with van der Waals surface area (Å²) in [5, 5.41) is 6.70. The number of aromatic nitrogens is 1. The predicted octanol–water partition coefficient (Wildman–Crippen LogP) is 3.73. The van der Waals surface area contributed by atoms with E-state index in [4.69, 9.17) is 9.47 Å². The Labute approximate surface area is 293 Å². The average molecular weight is 710 g/mol. The molecule has 3 heterocycles. The second-order valence-electron chi connectivity index (χ2n) is 15.2. The first kappa shape index (κ1) is 35.6. The summed E-state index contributed by atoms with van der Waals surface area (Å²) in [7, 11) is -3.87. The van der Waals surface area contributed by atoms with Crippen LogP contribution in [0.2, 0.25) is 0 Å². The lowest BCUT2D eigenvalue weighted by molar-refractivity contribution is -0.141. The van der Waals surface area contributed by atoms with Crippen LogP contribution in [-0.4, -0.2) is 84.2 Å². The number of nitrogens with zero attached hydrogens (tertiary/aromatic N) is 2. The SMILES string of the molecule is CC(C)(C)COC(=O)N[C@H]1CCCCC/C=C\[C@@H]2C[C@@]2(C(=O)NS(=O)(=O)C2CC2)NC(=O)[C@@H]2C[C@@H](Oc3nccc4ccccc34)CN2C1=O. The van der Waals surface area contributed by atoms with Gasteiger partial charge in [0.05, 0.1) is 18.4 Å². The molecule has 14 heteroatoms. The highest BCUT2D eigenvalue weighted by Crippen LogP contribution is 2.46. The van der Waals surface area contributed by atoms with Gasteiger partial charge in [-0.2, -0.15) is 0 Å². The highest BCUT2D eigenvalue weighted by Gasteiger charge is 2.62. The van der Waals surface area contributed by atoms with Gasteiger partial charge in [0.2, 0.25) is 27.7 Å². The maximum Gasteiger partial charge on any atom is 0.407 e. The maximum atomic E-state index is 14.4. The van der Waals surface area contributed by atoms with Gasteiger partial charge in [-0.3, -0.25) is 19.1 Å². The number of rotatable bonds is 7. The van der Waals surface area contributed by atoms with Crippen molar-refractivity contribution >= 4 is 44.6 Å². The molecule has 4 amide bonds. The molecular weight excluding hydrogens is 662 g/mol. The van der Waals surface area contributed by atoms with Gasteiger partial charge >= 0.3 is 6.09 Å². The summed E-state index contributed by atoms with van der Waals surface area (Å²) >= 11 is 0. The number of pyridine rings is 1. The minimum Gasteiger partial charge on any atom is -0.472 e. The van der Waals surface area contributed by atoms with Crippen molar-refractivity contribution in [3.8, 4) is 5.88 Å². The molecule has 4 aliphatic rings. The number of hydrogen-bond donors (Lipinski definition) is 3. The van der Waals surface area contributed by atoms with Gasteiger partial charge in [0.15, 0.2) is 0 Å². The number of benzene rings is 1. The molecule has 270 valence electrons. The lowest BCUT2D eigenvalue weighted by Gasteiger charge is -2.30. The fourth-order valence-corrected chi connectivity index (χ4v) is 8.02. The summed E-state index contributed by atoms with van der Waals surface area (Å²) < 4.78 is 39.6. The van der Waals surface area contributed by atoms with Crippen LogP contribution in [0.5, 0.6) is 5.88 Å². The summed E-state index contributed by atoms with van der Waals surface area (Å²) in [6.45, 7) is 5.97. The van der Waals surface area contributed by atoms with Crippen LogP contribution in [0.4, 0.5) is 4.79 Å². The van der Waals surface area contributed by atoms with Crippen molar-refractivity contribution in [2.75, 3.05) is 13.2 Å². The van der Waals surface area contributed by atoms with E-state index in [2.05, 4.69) is 20.3 Å². The monoisotopic (exact) mass is 709 g/mol. The van der Waals surface area contributed by atoms with Gasteiger partial charge < -0.3 is 25.0 Å². The smallest absolute Gasteiger partial charge is 0.407 e. The van der Waals surface area contributed by atoms with Gasteiger partial charge in [-0.1, -0.05) is 64.0 Å². The third kappa shape index (κ3) is 8.22. The first-order valence-electron chi connectivity index (χ1n) is 17.5. The summed E-state index contributed by atoms with van der Waals surface area (Å²) in [4.78, 5) is 61.0. The van der Waals surface area contributed by atoms with E-state index in [1.54, 1.807) is 6.20 Å². The zero-order chi connectivity index (χ0) is 35.7. The van der Waals surface area contributed by atoms with Crippen LogP contribution in [0.1, 0.15) is 78.6 Å². The van der Waals surface area contributed by atoms with Crippen LogP contribution in [-0.2, 0) is 29.1 Å². The quantitative estimate of drug-likeness (QED) is 0.362. The molecule has 3 fully saturated rings. The maximum absolute atomic E-state index is 14.4. The molecule has 50 heavy (non-hydrogen) atoms. The normalized spacial score (nSPS) is 28.3. The summed E-state index contributed by atoms with van der Waals surface area (Å²) in [6, 6.07) is 7.41.